The largest absolute Gasteiger partial charge is 0.316 e. The van der Waals surface area contributed by atoms with E-state index in [1.54, 1.807) is 6.20 Å². The molecule has 1 fully saturated rings. The maximum Gasteiger partial charge on any atom is 0.264 e. The second-order valence-corrected chi connectivity index (χ2v) is 7.72. The third kappa shape index (κ3) is 3.64. The van der Waals surface area contributed by atoms with Gasteiger partial charge in [0.05, 0.1) is 22.5 Å². The smallest absolute Gasteiger partial charge is 0.264 e. The normalized spacial score (nSPS) is 16.8. The van der Waals surface area contributed by atoms with E-state index in [-0.39, 0.29) is 5.91 Å². The summed E-state index contributed by atoms with van der Waals surface area (Å²) in [7, 11) is 0. The molecule has 1 aliphatic heterocycles. The Hall–Kier alpha value is -3.12. The van der Waals surface area contributed by atoms with Crippen LogP contribution in [0.3, 0.4) is 0 Å². The number of hydrogen-bond acceptors (Lipinski definition) is 4. The van der Waals surface area contributed by atoms with E-state index in [2.05, 4.69) is 32.9 Å². The van der Waals surface area contributed by atoms with Gasteiger partial charge in [-0.25, -0.2) is 4.99 Å². The van der Waals surface area contributed by atoms with Gasteiger partial charge in [0.15, 0.2) is 5.17 Å². The van der Waals surface area contributed by atoms with Gasteiger partial charge in [0.2, 0.25) is 0 Å². The van der Waals surface area contributed by atoms with Crippen molar-refractivity contribution in [3.8, 4) is 5.69 Å². The van der Waals surface area contributed by atoms with E-state index in [0.29, 0.717) is 10.1 Å². The Morgan fingerprint density at radius 3 is 2.75 bits per heavy atom. The molecule has 0 atom stereocenters. The molecule has 0 aliphatic carbocycles. The number of amidine groups is 1. The number of aliphatic imine (C=N–C) groups is 1. The van der Waals surface area contributed by atoms with E-state index in [1.807, 2.05) is 62.5 Å². The van der Waals surface area contributed by atoms with Crippen LogP contribution in [0.5, 0.6) is 0 Å². The predicted molar refractivity (Wildman–Crippen MR) is 115 cm³/mol. The van der Waals surface area contributed by atoms with Crippen molar-refractivity contribution in [3.05, 3.63) is 82.3 Å². The SMILES string of the molecule is Cc1cccc(N=C2NC(=O)/C(=C/c3cc(C)n(-c4cccnc4)c3C)S2)c1. The van der Waals surface area contributed by atoms with Crippen LogP contribution in [0.15, 0.2) is 64.8 Å². The first-order chi connectivity index (χ1) is 13.5. The Morgan fingerprint density at radius 2 is 2.00 bits per heavy atom. The molecule has 3 aromatic rings. The molecule has 1 N–H and O–H groups in total. The molecule has 28 heavy (non-hydrogen) atoms. The summed E-state index contributed by atoms with van der Waals surface area (Å²) in [5, 5.41) is 3.45. The molecular formula is C22H20N4OS. The van der Waals surface area contributed by atoms with Crippen molar-refractivity contribution in [2.75, 3.05) is 0 Å². The van der Waals surface area contributed by atoms with Crippen molar-refractivity contribution in [3.63, 3.8) is 0 Å². The summed E-state index contributed by atoms with van der Waals surface area (Å²) in [5.74, 6) is -0.123. The van der Waals surface area contributed by atoms with Crippen LogP contribution in [0.2, 0.25) is 0 Å². The summed E-state index contributed by atoms with van der Waals surface area (Å²) in [6.07, 6.45) is 5.52. The van der Waals surface area contributed by atoms with Crippen LogP contribution in [0.4, 0.5) is 5.69 Å². The Labute approximate surface area is 168 Å². The van der Waals surface area contributed by atoms with Gasteiger partial charge in [-0.1, -0.05) is 12.1 Å². The van der Waals surface area contributed by atoms with Gasteiger partial charge in [0.25, 0.3) is 5.91 Å². The molecule has 0 unspecified atom stereocenters. The molecule has 2 aromatic heterocycles. The summed E-state index contributed by atoms with van der Waals surface area (Å²) in [6, 6.07) is 13.9. The van der Waals surface area contributed by atoms with Crippen molar-refractivity contribution in [2.45, 2.75) is 20.8 Å². The topological polar surface area (TPSA) is 59.3 Å². The lowest BCUT2D eigenvalue weighted by Crippen LogP contribution is -2.19. The lowest BCUT2D eigenvalue weighted by atomic mass is 10.2. The molecule has 0 spiro atoms. The van der Waals surface area contributed by atoms with Gasteiger partial charge in [-0.15, -0.1) is 0 Å². The molecule has 0 saturated carbocycles. The van der Waals surface area contributed by atoms with Crippen LogP contribution in [0, 0.1) is 20.8 Å². The van der Waals surface area contributed by atoms with Gasteiger partial charge in [-0.2, -0.15) is 0 Å². The molecule has 3 heterocycles. The Bertz CT molecular complexity index is 1110. The van der Waals surface area contributed by atoms with Crippen LogP contribution in [-0.2, 0) is 4.79 Å². The third-order valence-electron chi connectivity index (χ3n) is 4.54. The van der Waals surface area contributed by atoms with Crippen molar-refractivity contribution >= 4 is 34.6 Å². The van der Waals surface area contributed by atoms with Gasteiger partial charge in [0, 0.05) is 17.6 Å². The number of pyridine rings is 1. The van der Waals surface area contributed by atoms with E-state index in [9.17, 15) is 4.79 Å². The van der Waals surface area contributed by atoms with Crippen molar-refractivity contribution < 1.29 is 4.79 Å². The lowest BCUT2D eigenvalue weighted by molar-refractivity contribution is -0.115. The summed E-state index contributed by atoms with van der Waals surface area (Å²) in [4.78, 5) is 21.8. The van der Waals surface area contributed by atoms with Gasteiger partial charge in [-0.05, 0) is 80.1 Å². The van der Waals surface area contributed by atoms with Crippen LogP contribution >= 0.6 is 11.8 Å². The van der Waals surface area contributed by atoms with Crippen LogP contribution in [0.25, 0.3) is 11.8 Å². The quantitative estimate of drug-likeness (QED) is 0.662. The van der Waals surface area contributed by atoms with E-state index < -0.39 is 0 Å². The molecule has 4 rings (SSSR count). The number of thioether (sulfide) groups is 1. The fourth-order valence-corrected chi connectivity index (χ4v) is 4.09. The molecule has 5 nitrogen and oxygen atoms in total. The Morgan fingerprint density at radius 1 is 1.14 bits per heavy atom. The minimum atomic E-state index is -0.123. The van der Waals surface area contributed by atoms with Crippen molar-refractivity contribution in [2.24, 2.45) is 4.99 Å². The average molecular weight is 388 g/mol. The van der Waals surface area contributed by atoms with Gasteiger partial charge < -0.3 is 9.88 Å². The van der Waals surface area contributed by atoms with E-state index in [1.165, 1.54) is 11.8 Å². The van der Waals surface area contributed by atoms with Crippen molar-refractivity contribution in [1.82, 2.24) is 14.9 Å². The molecule has 1 saturated heterocycles. The molecule has 0 radical (unpaired) electrons. The number of amides is 1. The van der Waals surface area contributed by atoms with E-state index in [0.717, 1.165) is 33.9 Å². The Balaban J connectivity index is 1.64. The fourth-order valence-electron chi connectivity index (χ4n) is 3.25. The fraction of sp³-hybridized carbons (Fsp3) is 0.136. The number of benzene rings is 1. The van der Waals surface area contributed by atoms with Crippen molar-refractivity contribution in [1.29, 1.82) is 0 Å². The molecule has 6 heteroatoms. The number of aromatic nitrogens is 2. The molecule has 1 aromatic carbocycles. The average Bonchev–Trinajstić information content (AvgIpc) is 3.14. The number of rotatable bonds is 3. The van der Waals surface area contributed by atoms with E-state index in [4.69, 9.17) is 0 Å². The minimum Gasteiger partial charge on any atom is -0.316 e. The second kappa shape index (κ2) is 7.48. The number of nitrogens with zero attached hydrogens (tertiary/aromatic N) is 3. The highest BCUT2D eigenvalue weighted by atomic mass is 32.2. The maximum atomic E-state index is 12.4. The first kappa shape index (κ1) is 18.3. The lowest BCUT2D eigenvalue weighted by Gasteiger charge is -2.08. The third-order valence-corrected chi connectivity index (χ3v) is 5.45. The van der Waals surface area contributed by atoms with Crippen LogP contribution < -0.4 is 5.32 Å². The monoisotopic (exact) mass is 388 g/mol. The first-order valence-corrected chi connectivity index (χ1v) is 9.78. The van der Waals surface area contributed by atoms with Gasteiger partial charge in [0.1, 0.15) is 0 Å². The van der Waals surface area contributed by atoms with Crippen LogP contribution in [0.1, 0.15) is 22.5 Å². The predicted octanol–water partition coefficient (Wildman–Crippen LogP) is 4.69. The number of aryl methyl sites for hydroxylation is 2. The van der Waals surface area contributed by atoms with Crippen LogP contribution in [-0.4, -0.2) is 20.6 Å². The highest BCUT2D eigenvalue weighted by molar-refractivity contribution is 8.18. The zero-order valence-corrected chi connectivity index (χ0v) is 16.7. The summed E-state index contributed by atoms with van der Waals surface area (Å²) < 4.78 is 2.14. The van der Waals surface area contributed by atoms with Gasteiger partial charge >= 0.3 is 0 Å². The number of carbonyl (C=O) groups is 1. The first-order valence-electron chi connectivity index (χ1n) is 8.97. The highest BCUT2D eigenvalue weighted by Crippen LogP contribution is 2.30. The molecular weight excluding hydrogens is 368 g/mol. The molecule has 1 amide bonds. The minimum absolute atomic E-state index is 0.123. The zero-order chi connectivity index (χ0) is 19.7. The Kier molecular flexibility index (Phi) is 4.88. The summed E-state index contributed by atoms with van der Waals surface area (Å²) in [5.41, 5.74) is 6.14. The zero-order valence-electron chi connectivity index (χ0n) is 15.9. The maximum absolute atomic E-state index is 12.4. The number of hydrogen-bond donors (Lipinski definition) is 1. The molecule has 1 aliphatic rings. The summed E-state index contributed by atoms with van der Waals surface area (Å²) >= 11 is 1.36. The number of carbonyl (C=O) groups excluding carboxylic acids is 1. The second-order valence-electron chi connectivity index (χ2n) is 6.69. The van der Waals surface area contributed by atoms with Gasteiger partial charge in [-0.3, -0.25) is 9.78 Å². The number of nitrogens with one attached hydrogen (secondary N) is 1. The summed E-state index contributed by atoms with van der Waals surface area (Å²) in [6.45, 7) is 6.12. The molecule has 0 bridgehead atoms. The highest BCUT2D eigenvalue weighted by Gasteiger charge is 2.24. The standard InChI is InChI=1S/C22H20N4OS/c1-14-6-4-7-18(10-14)24-22-25-21(27)20(28-22)12-17-11-15(2)26(16(17)3)19-8-5-9-23-13-19/h4-13H,1-3H3,(H,24,25,27)/b20-12-. The van der Waals surface area contributed by atoms with E-state index >= 15 is 0 Å². The molecule has 140 valence electrons.